The molecule has 0 spiro atoms. The molecular weight excluding hydrogens is 334 g/mol. The maximum Gasteiger partial charge on any atom is 0.346 e. The predicted molar refractivity (Wildman–Crippen MR) is 98.7 cm³/mol. The number of hydrogen-bond acceptors (Lipinski definition) is 7. The Hall–Kier alpha value is -3.75. The van der Waals surface area contributed by atoms with Crippen LogP contribution in [0.25, 0.3) is 39.0 Å². The van der Waals surface area contributed by atoms with Crippen molar-refractivity contribution in [1.82, 2.24) is 24.7 Å². The van der Waals surface area contributed by atoms with Crippen molar-refractivity contribution in [1.29, 1.82) is 0 Å². The van der Waals surface area contributed by atoms with Gasteiger partial charge >= 0.3 is 5.69 Å². The van der Waals surface area contributed by atoms with Gasteiger partial charge in [0, 0.05) is 55.6 Å². The number of furan rings is 1. The summed E-state index contributed by atoms with van der Waals surface area (Å²) in [5.74, 6) is 0. The van der Waals surface area contributed by atoms with Crippen LogP contribution in [0.3, 0.4) is 0 Å². The van der Waals surface area contributed by atoms with Crippen LogP contribution in [0.4, 0.5) is 0 Å². The number of hydrogen-bond donors (Lipinski definition) is 2. The molecule has 9 heteroatoms. The number of pyridine rings is 1. The summed E-state index contributed by atoms with van der Waals surface area (Å²) in [7, 11) is 3.45. The molecule has 0 amide bonds. The smallest absolute Gasteiger partial charge is 0.346 e. The SMILES string of the molecule is CN=C/C(=C\N)c1cnc2oc3c(-c4cnn(C)c4)nc(=O)[nH]c3c2c1. The molecule has 4 heterocycles. The molecule has 0 bridgehead atoms. The third-order valence-corrected chi connectivity index (χ3v) is 3.97. The van der Waals surface area contributed by atoms with Gasteiger partial charge in [-0.25, -0.2) is 9.78 Å². The maximum atomic E-state index is 12.1. The van der Waals surface area contributed by atoms with Crippen molar-refractivity contribution in [3.05, 3.63) is 46.9 Å². The van der Waals surface area contributed by atoms with Crippen LogP contribution >= 0.6 is 0 Å². The fourth-order valence-electron chi connectivity index (χ4n) is 2.81. The van der Waals surface area contributed by atoms with E-state index in [1.54, 1.807) is 43.6 Å². The van der Waals surface area contributed by atoms with Gasteiger partial charge in [-0.2, -0.15) is 10.1 Å². The standard InChI is InChI=1S/C17H15N7O2/c1-19-5-10(4-18)9-3-12-14-15(26-16(12)20-6-9)13(22-17(25)23-14)11-7-21-24(2)8-11/h3-8H,18H2,1-2H3,(H,22,23,25)/b10-4+,19-5?. The molecule has 0 saturated carbocycles. The molecule has 0 aromatic carbocycles. The van der Waals surface area contributed by atoms with Crippen LogP contribution < -0.4 is 11.4 Å². The lowest BCUT2D eigenvalue weighted by Crippen LogP contribution is -2.10. The van der Waals surface area contributed by atoms with Gasteiger partial charge in [0.05, 0.1) is 11.6 Å². The van der Waals surface area contributed by atoms with Crippen LogP contribution in [0.2, 0.25) is 0 Å². The van der Waals surface area contributed by atoms with Crippen molar-refractivity contribution in [2.24, 2.45) is 17.8 Å². The van der Waals surface area contributed by atoms with Gasteiger partial charge in [0.1, 0.15) is 11.2 Å². The molecule has 0 unspecified atom stereocenters. The number of rotatable bonds is 3. The fourth-order valence-corrected chi connectivity index (χ4v) is 2.81. The summed E-state index contributed by atoms with van der Waals surface area (Å²) in [6.07, 6.45) is 8.11. The van der Waals surface area contributed by atoms with E-state index in [4.69, 9.17) is 10.2 Å². The second kappa shape index (κ2) is 5.96. The van der Waals surface area contributed by atoms with Gasteiger partial charge in [-0.1, -0.05) is 0 Å². The highest BCUT2D eigenvalue weighted by molar-refractivity contribution is 6.12. The van der Waals surface area contributed by atoms with Gasteiger partial charge in [-0.15, -0.1) is 0 Å². The Morgan fingerprint density at radius 1 is 1.42 bits per heavy atom. The van der Waals surface area contributed by atoms with E-state index in [0.29, 0.717) is 39.0 Å². The second-order valence-corrected chi connectivity index (χ2v) is 5.69. The quantitative estimate of drug-likeness (QED) is 0.539. The first-order valence-electron chi connectivity index (χ1n) is 7.76. The summed E-state index contributed by atoms with van der Waals surface area (Å²) >= 11 is 0. The highest BCUT2D eigenvalue weighted by Crippen LogP contribution is 2.32. The van der Waals surface area contributed by atoms with E-state index in [0.717, 1.165) is 5.56 Å². The summed E-state index contributed by atoms with van der Waals surface area (Å²) in [5.41, 5.74) is 9.12. The molecule has 4 aromatic rings. The zero-order valence-corrected chi connectivity index (χ0v) is 14.1. The summed E-state index contributed by atoms with van der Waals surface area (Å²) in [5, 5.41) is 4.78. The average molecular weight is 349 g/mol. The number of fused-ring (bicyclic) bond motifs is 3. The molecule has 130 valence electrons. The van der Waals surface area contributed by atoms with Crippen molar-refractivity contribution in [2.75, 3.05) is 7.05 Å². The van der Waals surface area contributed by atoms with Crippen LogP contribution in [0.5, 0.6) is 0 Å². The van der Waals surface area contributed by atoms with Gasteiger partial charge in [-0.3, -0.25) is 9.67 Å². The first-order chi connectivity index (χ1) is 12.6. The van der Waals surface area contributed by atoms with Crippen LogP contribution in [-0.4, -0.2) is 38.0 Å². The number of allylic oxidation sites excluding steroid dienone is 1. The number of nitrogens with one attached hydrogen (secondary N) is 1. The zero-order valence-electron chi connectivity index (χ0n) is 14.1. The fraction of sp³-hybridized carbons (Fsp3) is 0.118. The molecular formula is C17H15N7O2. The Balaban J connectivity index is 2.02. The molecule has 4 rings (SSSR count). The monoisotopic (exact) mass is 349 g/mol. The van der Waals surface area contributed by atoms with E-state index in [1.165, 1.54) is 6.20 Å². The Morgan fingerprint density at radius 3 is 2.96 bits per heavy atom. The summed E-state index contributed by atoms with van der Waals surface area (Å²) in [4.78, 5) is 27.2. The molecule has 0 aliphatic heterocycles. The molecule has 4 aromatic heterocycles. The predicted octanol–water partition coefficient (Wildman–Crippen LogP) is 1.46. The molecule has 0 radical (unpaired) electrons. The molecule has 0 atom stereocenters. The molecule has 0 aliphatic rings. The first-order valence-corrected chi connectivity index (χ1v) is 7.76. The third kappa shape index (κ3) is 2.46. The normalized spacial score (nSPS) is 12.6. The lowest BCUT2D eigenvalue weighted by atomic mass is 10.1. The summed E-state index contributed by atoms with van der Waals surface area (Å²) < 4.78 is 7.50. The number of aryl methyl sites for hydroxylation is 1. The van der Waals surface area contributed by atoms with Crippen molar-refractivity contribution in [3.8, 4) is 11.3 Å². The maximum absolute atomic E-state index is 12.1. The number of H-pyrrole nitrogens is 1. The van der Waals surface area contributed by atoms with Crippen molar-refractivity contribution >= 4 is 34.0 Å². The van der Waals surface area contributed by atoms with E-state index < -0.39 is 5.69 Å². The molecule has 0 aliphatic carbocycles. The minimum Gasteiger partial charge on any atom is -0.434 e. The highest BCUT2D eigenvalue weighted by atomic mass is 16.3. The van der Waals surface area contributed by atoms with Gasteiger partial charge in [0.2, 0.25) is 5.71 Å². The Kier molecular flexibility index (Phi) is 3.61. The van der Waals surface area contributed by atoms with Crippen LogP contribution in [0, 0.1) is 0 Å². The minimum atomic E-state index is -0.478. The van der Waals surface area contributed by atoms with Gasteiger partial charge in [0.15, 0.2) is 5.58 Å². The lowest BCUT2D eigenvalue weighted by Gasteiger charge is -2.00. The molecule has 3 N–H and O–H groups in total. The van der Waals surface area contributed by atoms with E-state index in [-0.39, 0.29) is 0 Å². The number of aromatic nitrogens is 5. The van der Waals surface area contributed by atoms with E-state index in [9.17, 15) is 4.79 Å². The van der Waals surface area contributed by atoms with Crippen LogP contribution in [0.1, 0.15) is 5.56 Å². The van der Waals surface area contributed by atoms with Crippen molar-refractivity contribution in [3.63, 3.8) is 0 Å². The van der Waals surface area contributed by atoms with Crippen molar-refractivity contribution in [2.45, 2.75) is 0 Å². The molecule has 9 nitrogen and oxygen atoms in total. The Morgan fingerprint density at radius 2 is 2.27 bits per heavy atom. The topological polar surface area (TPSA) is 128 Å². The molecule has 26 heavy (non-hydrogen) atoms. The third-order valence-electron chi connectivity index (χ3n) is 3.97. The summed E-state index contributed by atoms with van der Waals surface area (Å²) in [6.45, 7) is 0. The number of aliphatic imine (C=N–C) groups is 1. The molecule has 0 saturated heterocycles. The van der Waals surface area contributed by atoms with Gasteiger partial charge < -0.3 is 15.1 Å². The number of aromatic amines is 1. The number of nitrogens with zero attached hydrogens (tertiary/aromatic N) is 5. The second-order valence-electron chi connectivity index (χ2n) is 5.69. The number of nitrogens with two attached hydrogens (primary N) is 1. The van der Waals surface area contributed by atoms with Crippen molar-refractivity contribution < 1.29 is 4.42 Å². The Bertz CT molecular complexity index is 1240. The molecule has 0 fully saturated rings. The lowest BCUT2D eigenvalue weighted by molar-refractivity contribution is 0.652. The minimum absolute atomic E-state index is 0.391. The largest absolute Gasteiger partial charge is 0.434 e. The Labute approximate surface area is 146 Å². The van der Waals surface area contributed by atoms with E-state index in [2.05, 4.69) is 25.0 Å². The summed E-state index contributed by atoms with van der Waals surface area (Å²) in [6, 6.07) is 1.84. The van der Waals surface area contributed by atoms with E-state index >= 15 is 0 Å². The first kappa shape index (κ1) is 15.8. The average Bonchev–Trinajstić information content (AvgIpc) is 3.22. The van der Waals surface area contributed by atoms with Gasteiger partial charge in [-0.05, 0) is 6.07 Å². The van der Waals surface area contributed by atoms with Gasteiger partial charge in [0.25, 0.3) is 0 Å². The zero-order chi connectivity index (χ0) is 18.3. The van der Waals surface area contributed by atoms with Crippen LogP contribution in [0.15, 0.2) is 45.1 Å². The highest BCUT2D eigenvalue weighted by Gasteiger charge is 2.18. The van der Waals surface area contributed by atoms with Crippen LogP contribution in [-0.2, 0) is 7.05 Å². The van der Waals surface area contributed by atoms with E-state index in [1.807, 2.05) is 6.07 Å².